The monoisotopic (exact) mass is 231 g/mol. The standard InChI is InChI=1S/C12H13N3O2/c16-11-4-6-15(12(17)14-11)9-1-2-10-8(7-9)3-5-13-10/h1-2,7,13H,3-6H2,(H,14,16,17). The van der Waals surface area contributed by atoms with Crippen LogP contribution in [0.2, 0.25) is 0 Å². The Kier molecular flexibility index (Phi) is 2.24. The van der Waals surface area contributed by atoms with E-state index in [0.29, 0.717) is 13.0 Å². The molecule has 1 fully saturated rings. The Morgan fingerprint density at radius 3 is 2.88 bits per heavy atom. The van der Waals surface area contributed by atoms with E-state index in [2.05, 4.69) is 10.6 Å². The van der Waals surface area contributed by atoms with Crippen LogP contribution in [0.25, 0.3) is 0 Å². The number of benzene rings is 1. The summed E-state index contributed by atoms with van der Waals surface area (Å²) in [5.41, 5.74) is 3.23. The van der Waals surface area contributed by atoms with Crippen molar-refractivity contribution in [1.82, 2.24) is 5.32 Å². The van der Waals surface area contributed by atoms with E-state index in [0.717, 1.165) is 24.3 Å². The highest BCUT2D eigenvalue weighted by molar-refractivity contribution is 6.05. The number of nitrogens with one attached hydrogen (secondary N) is 2. The lowest BCUT2D eigenvalue weighted by Gasteiger charge is -2.26. The fourth-order valence-corrected chi connectivity index (χ4v) is 2.27. The second kappa shape index (κ2) is 3.76. The van der Waals surface area contributed by atoms with Crippen LogP contribution >= 0.6 is 0 Å². The molecule has 0 spiro atoms. The molecule has 88 valence electrons. The van der Waals surface area contributed by atoms with Gasteiger partial charge in [0.25, 0.3) is 0 Å². The van der Waals surface area contributed by atoms with Crippen LogP contribution in [0.3, 0.4) is 0 Å². The lowest BCUT2D eigenvalue weighted by molar-refractivity contribution is -0.120. The summed E-state index contributed by atoms with van der Waals surface area (Å²) >= 11 is 0. The van der Waals surface area contributed by atoms with Gasteiger partial charge < -0.3 is 5.32 Å². The highest BCUT2D eigenvalue weighted by Gasteiger charge is 2.25. The molecule has 1 aromatic rings. The van der Waals surface area contributed by atoms with Gasteiger partial charge in [-0.05, 0) is 30.2 Å². The van der Waals surface area contributed by atoms with Gasteiger partial charge in [-0.25, -0.2) is 4.79 Å². The molecule has 5 heteroatoms. The smallest absolute Gasteiger partial charge is 0.328 e. The second-order valence-electron chi connectivity index (χ2n) is 4.27. The summed E-state index contributed by atoms with van der Waals surface area (Å²) in [5, 5.41) is 5.60. The number of hydrogen-bond donors (Lipinski definition) is 2. The van der Waals surface area contributed by atoms with Crippen molar-refractivity contribution in [1.29, 1.82) is 0 Å². The first-order valence-electron chi connectivity index (χ1n) is 5.72. The van der Waals surface area contributed by atoms with Gasteiger partial charge in [0, 0.05) is 30.9 Å². The van der Waals surface area contributed by atoms with E-state index in [9.17, 15) is 9.59 Å². The molecular weight excluding hydrogens is 218 g/mol. The van der Waals surface area contributed by atoms with E-state index >= 15 is 0 Å². The molecule has 0 aromatic heterocycles. The van der Waals surface area contributed by atoms with Gasteiger partial charge in [0.05, 0.1) is 0 Å². The molecule has 2 aliphatic heterocycles. The number of anilines is 2. The molecule has 3 amide bonds. The number of rotatable bonds is 1. The minimum absolute atomic E-state index is 0.200. The summed E-state index contributed by atoms with van der Waals surface area (Å²) in [7, 11) is 0. The molecule has 0 saturated carbocycles. The molecule has 0 bridgehead atoms. The highest BCUT2D eigenvalue weighted by Crippen LogP contribution is 2.27. The van der Waals surface area contributed by atoms with Crippen molar-refractivity contribution in [2.24, 2.45) is 0 Å². The van der Waals surface area contributed by atoms with Crippen molar-refractivity contribution in [3.8, 4) is 0 Å². The lowest BCUT2D eigenvalue weighted by Crippen LogP contribution is -2.49. The van der Waals surface area contributed by atoms with Gasteiger partial charge in [-0.1, -0.05) is 0 Å². The Morgan fingerprint density at radius 2 is 2.06 bits per heavy atom. The third kappa shape index (κ3) is 1.73. The fourth-order valence-electron chi connectivity index (χ4n) is 2.27. The van der Waals surface area contributed by atoms with Crippen molar-refractivity contribution < 1.29 is 9.59 Å². The van der Waals surface area contributed by atoms with E-state index in [-0.39, 0.29) is 11.9 Å². The van der Waals surface area contributed by atoms with E-state index in [1.807, 2.05) is 18.2 Å². The topological polar surface area (TPSA) is 61.4 Å². The van der Waals surface area contributed by atoms with Crippen molar-refractivity contribution in [3.05, 3.63) is 23.8 Å². The molecular formula is C12H13N3O2. The van der Waals surface area contributed by atoms with Gasteiger partial charge in [-0.3, -0.25) is 15.0 Å². The van der Waals surface area contributed by atoms with Crippen molar-refractivity contribution in [2.45, 2.75) is 12.8 Å². The van der Waals surface area contributed by atoms with E-state index < -0.39 is 0 Å². The molecule has 17 heavy (non-hydrogen) atoms. The zero-order valence-electron chi connectivity index (χ0n) is 9.32. The number of fused-ring (bicyclic) bond motifs is 1. The number of carbonyl (C=O) groups excluding carboxylic acids is 2. The molecule has 3 rings (SSSR count). The summed E-state index contributed by atoms with van der Waals surface area (Å²) in [6, 6.07) is 5.59. The number of carbonyl (C=O) groups is 2. The predicted octanol–water partition coefficient (Wildman–Crippen LogP) is 1.10. The van der Waals surface area contributed by atoms with Gasteiger partial charge in [0.2, 0.25) is 5.91 Å². The molecule has 0 radical (unpaired) electrons. The summed E-state index contributed by atoms with van der Waals surface area (Å²) in [6.45, 7) is 1.40. The molecule has 0 aliphatic carbocycles. The van der Waals surface area contributed by atoms with Gasteiger partial charge in [0.1, 0.15) is 0 Å². The zero-order chi connectivity index (χ0) is 11.8. The maximum absolute atomic E-state index is 11.7. The van der Waals surface area contributed by atoms with Crippen LogP contribution < -0.4 is 15.5 Å². The quantitative estimate of drug-likeness (QED) is 0.760. The first-order chi connectivity index (χ1) is 8.24. The average Bonchev–Trinajstić information content (AvgIpc) is 2.75. The van der Waals surface area contributed by atoms with Gasteiger partial charge >= 0.3 is 6.03 Å². The van der Waals surface area contributed by atoms with E-state index in [1.165, 1.54) is 5.56 Å². The minimum Gasteiger partial charge on any atom is -0.384 e. The minimum atomic E-state index is -0.327. The SMILES string of the molecule is O=C1CCN(c2ccc3c(c2)CCN3)C(=O)N1. The van der Waals surface area contributed by atoms with Crippen LogP contribution in [0, 0.1) is 0 Å². The molecule has 1 saturated heterocycles. The molecule has 1 aromatic carbocycles. The summed E-state index contributed by atoms with van der Waals surface area (Å²) < 4.78 is 0. The maximum Gasteiger partial charge on any atom is 0.328 e. The largest absolute Gasteiger partial charge is 0.384 e. The first kappa shape index (κ1) is 10.1. The van der Waals surface area contributed by atoms with Crippen molar-refractivity contribution in [2.75, 3.05) is 23.3 Å². The molecule has 2 aliphatic rings. The third-order valence-electron chi connectivity index (χ3n) is 3.16. The predicted molar refractivity (Wildman–Crippen MR) is 64.1 cm³/mol. The van der Waals surface area contributed by atoms with Gasteiger partial charge in [0.15, 0.2) is 0 Å². The van der Waals surface area contributed by atoms with Crippen LogP contribution in [-0.4, -0.2) is 25.0 Å². The Balaban J connectivity index is 1.89. The molecule has 0 unspecified atom stereocenters. The van der Waals surface area contributed by atoms with Crippen LogP contribution in [0.15, 0.2) is 18.2 Å². The van der Waals surface area contributed by atoms with Crippen LogP contribution in [0.4, 0.5) is 16.2 Å². The molecule has 2 N–H and O–H groups in total. The Hall–Kier alpha value is -2.04. The zero-order valence-corrected chi connectivity index (χ0v) is 9.32. The number of hydrogen-bond acceptors (Lipinski definition) is 3. The average molecular weight is 231 g/mol. The number of imide groups is 1. The van der Waals surface area contributed by atoms with Crippen LogP contribution in [0.5, 0.6) is 0 Å². The molecule has 5 nitrogen and oxygen atoms in total. The van der Waals surface area contributed by atoms with Crippen LogP contribution in [0.1, 0.15) is 12.0 Å². The number of urea groups is 1. The molecule has 2 heterocycles. The molecule has 0 atom stereocenters. The summed E-state index contributed by atoms with van der Waals surface area (Å²) in [6.07, 6.45) is 1.35. The Bertz CT molecular complexity index is 499. The van der Waals surface area contributed by atoms with Gasteiger partial charge in [-0.2, -0.15) is 0 Å². The van der Waals surface area contributed by atoms with E-state index in [4.69, 9.17) is 0 Å². The third-order valence-corrected chi connectivity index (χ3v) is 3.16. The highest BCUT2D eigenvalue weighted by atomic mass is 16.2. The van der Waals surface area contributed by atoms with Crippen LogP contribution in [-0.2, 0) is 11.2 Å². The van der Waals surface area contributed by atoms with Crippen molar-refractivity contribution in [3.63, 3.8) is 0 Å². The summed E-state index contributed by atoms with van der Waals surface area (Å²) in [4.78, 5) is 24.4. The van der Waals surface area contributed by atoms with Gasteiger partial charge in [-0.15, -0.1) is 0 Å². The summed E-state index contributed by atoms with van der Waals surface area (Å²) in [5.74, 6) is -0.200. The fraction of sp³-hybridized carbons (Fsp3) is 0.333. The maximum atomic E-state index is 11.7. The van der Waals surface area contributed by atoms with E-state index in [1.54, 1.807) is 4.90 Å². The number of amides is 3. The second-order valence-corrected chi connectivity index (χ2v) is 4.27. The Morgan fingerprint density at radius 1 is 1.18 bits per heavy atom. The normalized spacial score (nSPS) is 18.7. The lowest BCUT2D eigenvalue weighted by atomic mass is 10.1. The van der Waals surface area contributed by atoms with Crippen molar-refractivity contribution >= 4 is 23.3 Å². The Labute approximate surface area is 98.8 Å². The number of nitrogens with zero attached hydrogens (tertiary/aromatic N) is 1. The first-order valence-corrected chi connectivity index (χ1v) is 5.72.